The molecule has 0 aromatic heterocycles. The highest BCUT2D eigenvalue weighted by atomic mass is 16.8. The van der Waals surface area contributed by atoms with Gasteiger partial charge in [-0.25, -0.2) is 0 Å². The summed E-state index contributed by atoms with van der Waals surface area (Å²) in [5.41, 5.74) is -0.0319. The molecule has 131 heavy (non-hydrogen) atoms. The molecule has 14 rings (SSSR count). The van der Waals surface area contributed by atoms with Crippen LogP contribution in [-0.4, -0.2) is 268 Å². The predicted octanol–water partition coefficient (Wildman–Crippen LogP) is 13.4. The fraction of sp³-hybridized carbons (Fsp3) is 0.767. The van der Waals surface area contributed by atoms with Crippen molar-refractivity contribution in [1.82, 2.24) is 0 Å². The van der Waals surface area contributed by atoms with Crippen LogP contribution in [0.2, 0.25) is 0 Å². The van der Waals surface area contributed by atoms with Gasteiger partial charge in [-0.3, -0.25) is 19.2 Å². The highest BCUT2D eigenvalue weighted by Crippen LogP contribution is 2.52. The van der Waals surface area contributed by atoms with Gasteiger partial charge in [0.15, 0.2) is 36.7 Å². The second-order valence-corrected chi connectivity index (χ2v) is 40.6. The van der Waals surface area contributed by atoms with E-state index in [0.717, 1.165) is 24.0 Å². The van der Waals surface area contributed by atoms with Crippen LogP contribution in [0.25, 0.3) is 0 Å². The van der Waals surface area contributed by atoms with Crippen molar-refractivity contribution in [2.24, 2.45) is 59.2 Å². The predicted molar refractivity (Wildman–Crippen MR) is 483 cm³/mol. The normalized spacial score (nSPS) is 47.2. The van der Waals surface area contributed by atoms with Crippen LogP contribution in [0, 0.1) is 59.2 Å². The first-order chi connectivity index (χ1) is 62.4. The van der Waals surface area contributed by atoms with Crippen molar-refractivity contribution in [2.75, 3.05) is 41.7 Å². The van der Waals surface area contributed by atoms with Gasteiger partial charge in [0.05, 0.1) is 98.7 Å². The Balaban J connectivity index is 0.560. The first-order valence-corrected chi connectivity index (χ1v) is 48.8. The standard InChI is InChI=1S/C103H152O28/c1-21-54(3)92-60(9)36-38-100(130-92)50-74-44-72(128-100)34-32-58(7)90(56(5)26-23-28-68-52-116-96-88(106)62(11)40-78(98(108)122-74)102(68,96)110)124-86-48-82(114-19)94(66(15)120-86)126-84-46-80(112-17)76(64(13)118-84)42-70(104)30-25-31-71(105)43-77-65(14)119-85(47-81(77)113-18)127-95-67(16)121-87(49-83(95)115-20)125-91-57(6)27-24-29-69-53-117-97-89(107)63(12)41-79(103(69,97)111)99(109)123-75-45-73(35-33-59(91)8)129-101(51-75)39-37-61(10)93(131-101)55(4)22-2/h23-24,26-29,32-33,36-41,54-57,60-61,64-67,72-97,106-107,110-111H,21-22,25,30-31,34-35,42-53H2,1-20H3/b26-23+,27-24+,58-32+,59-33+,68-28+,69-29+/t54?,55?,56-,57-,60-,61-,64-,65-,66-,67-,72+,73+,74-,75-,76+,77+,78-,79-,80-,81-,82-,83-,84-,85-,86-,87-,88+,89+,90-,91-,92+,93+,94-,95-,96+,97+,100+,101+,102+,103+/m0/s1. The molecule has 8 fully saturated rings. The van der Waals surface area contributed by atoms with Crippen LogP contribution in [0.1, 0.15) is 220 Å². The number of hydrogen-bond donors (Lipinski definition) is 4. The van der Waals surface area contributed by atoms with Crippen molar-refractivity contribution in [3.8, 4) is 0 Å². The number of ketones is 2. The van der Waals surface area contributed by atoms with Crippen molar-refractivity contribution in [3.05, 3.63) is 119 Å². The third-order valence-corrected chi connectivity index (χ3v) is 31.3. The summed E-state index contributed by atoms with van der Waals surface area (Å²) in [7, 11) is 6.57. The first kappa shape index (κ1) is 102. The number of aliphatic hydroxyl groups excluding tert-OH is 2. The summed E-state index contributed by atoms with van der Waals surface area (Å²) >= 11 is 0. The van der Waals surface area contributed by atoms with E-state index in [9.17, 15) is 39.6 Å². The highest BCUT2D eigenvalue weighted by molar-refractivity contribution is 5.82. The molecule has 28 nitrogen and oxygen atoms in total. The van der Waals surface area contributed by atoms with E-state index in [0.29, 0.717) is 80.1 Å². The minimum absolute atomic E-state index is 0.00432. The fourth-order valence-electron chi connectivity index (χ4n) is 23.1. The van der Waals surface area contributed by atoms with Gasteiger partial charge in [0.2, 0.25) is 0 Å². The Labute approximate surface area is 775 Å². The molecule has 2 aliphatic carbocycles. The van der Waals surface area contributed by atoms with Crippen LogP contribution in [0.3, 0.4) is 0 Å². The zero-order valence-corrected chi connectivity index (χ0v) is 80.9. The van der Waals surface area contributed by atoms with E-state index in [2.05, 4.69) is 79.7 Å². The van der Waals surface area contributed by atoms with E-state index in [-0.39, 0.29) is 135 Å². The van der Waals surface area contributed by atoms with Gasteiger partial charge in [-0.2, -0.15) is 0 Å². The summed E-state index contributed by atoms with van der Waals surface area (Å²) in [6, 6.07) is 0. The summed E-state index contributed by atoms with van der Waals surface area (Å²) in [6.45, 7) is 32.3. The molecule has 14 aliphatic rings. The number of Topliss-reactive ketones (excluding diaryl/α,β-unsaturated/α-hetero) is 2. The molecule has 4 bridgehead atoms. The smallest absolute Gasteiger partial charge is 0.316 e. The molecule has 40 atom stereocenters. The SMILES string of the molecule is CCC(C)[C@H]1O[C@]2(C=C[C@@H]1C)C[C@@H]1C[C@@H](C/C=C(\C)[C@@H](O[C@H]3C[C@H](OC)[C@@H](O[C@H]4C[C@H](OC)[C@H](CC(=O)CCCC(=O)C[C@@H]5[C@H](C)O[C@@H](O[C@H]6[C@H](C)O[C@@H](O[C@@H]7/C(C)=C/C[C@@H]8C[C@@H](C[C@]9(C=C[C@H](C)[C@@H](C(C)CC)O9)O8)OC(=O)[C@@H]8C=C(C)[C@@H](O)[C@H]9OC/C(=C\C=C\[C@@H]7C)[C@]98O)C[C@@H]6OC)C[C@@H]5OC)[C@H](C)O4)[C@H](C)O3)[C@@H](C)/C=C/C=C3\CO[C@@H]4[C@H](O)C(C)=C[C@@H](C(=O)O1)[C@]34O)O2. The van der Waals surface area contributed by atoms with Crippen molar-refractivity contribution in [3.63, 3.8) is 0 Å². The largest absolute Gasteiger partial charge is 0.462 e. The van der Waals surface area contributed by atoms with Crippen molar-refractivity contribution >= 4 is 23.5 Å². The molecule has 4 N–H and O–H groups in total. The Bertz CT molecular complexity index is 4000. The van der Waals surface area contributed by atoms with Crippen molar-refractivity contribution < 1.29 is 134 Å². The zero-order chi connectivity index (χ0) is 94.0. The summed E-state index contributed by atoms with van der Waals surface area (Å²) in [5, 5.41) is 48.3. The Morgan fingerprint density at radius 3 is 1.21 bits per heavy atom. The van der Waals surface area contributed by atoms with E-state index in [1.165, 1.54) is 0 Å². The maximum atomic E-state index is 14.6. The number of carbonyl (C=O) groups is 4. The Morgan fingerprint density at radius 1 is 0.466 bits per heavy atom. The molecule has 2 unspecified atom stereocenters. The number of rotatable bonds is 24. The lowest BCUT2D eigenvalue weighted by atomic mass is 9.71. The van der Waals surface area contributed by atoms with Crippen molar-refractivity contribution in [2.45, 2.75) is 402 Å². The molecule has 0 saturated carbocycles. The molecule has 28 heteroatoms. The first-order valence-electron chi connectivity index (χ1n) is 48.8. The summed E-state index contributed by atoms with van der Waals surface area (Å²) in [5.74, 6) is -6.26. The molecule has 8 saturated heterocycles. The highest BCUT2D eigenvalue weighted by Gasteiger charge is 2.63. The minimum atomic E-state index is -1.89. The monoisotopic (exact) mass is 1840 g/mol. The van der Waals surface area contributed by atoms with Gasteiger partial charge in [-0.05, 0) is 132 Å². The fourth-order valence-corrected chi connectivity index (χ4v) is 23.1. The van der Waals surface area contributed by atoms with Crippen LogP contribution in [-0.2, 0) is 114 Å². The van der Waals surface area contributed by atoms with Crippen LogP contribution in [0.5, 0.6) is 0 Å². The lowest BCUT2D eigenvalue weighted by molar-refractivity contribution is -0.315. The Kier molecular flexibility index (Phi) is 33.7. The lowest BCUT2D eigenvalue weighted by Gasteiger charge is -2.48. The van der Waals surface area contributed by atoms with E-state index < -0.39 is 182 Å². The molecular weight excluding hydrogens is 1690 g/mol. The molecule has 0 aromatic carbocycles. The molecule has 732 valence electrons. The maximum Gasteiger partial charge on any atom is 0.316 e. The summed E-state index contributed by atoms with van der Waals surface area (Å²) in [4.78, 5) is 57.2. The quantitative estimate of drug-likeness (QED) is 0.0515. The molecule has 2 spiro atoms. The van der Waals surface area contributed by atoms with Crippen molar-refractivity contribution in [1.29, 1.82) is 0 Å². The van der Waals surface area contributed by atoms with Gasteiger partial charge < -0.3 is 115 Å². The third-order valence-electron chi connectivity index (χ3n) is 31.3. The number of hydrogen-bond acceptors (Lipinski definition) is 28. The number of allylic oxidation sites excluding steroid dienone is 4. The number of esters is 2. The topological polar surface area (TPSA) is 334 Å². The van der Waals surface area contributed by atoms with Gasteiger partial charge in [-0.1, -0.05) is 141 Å². The average Bonchev–Trinajstić information content (AvgIpc) is 1.65. The van der Waals surface area contributed by atoms with Crippen LogP contribution < -0.4 is 0 Å². The average molecular weight is 1840 g/mol. The van der Waals surface area contributed by atoms with Crippen LogP contribution in [0.4, 0.5) is 0 Å². The van der Waals surface area contributed by atoms with E-state index in [1.54, 1.807) is 66.6 Å². The molecular formula is C103H152O28. The van der Waals surface area contributed by atoms with E-state index >= 15 is 0 Å². The van der Waals surface area contributed by atoms with E-state index in [4.69, 9.17) is 94.7 Å². The van der Waals surface area contributed by atoms with E-state index in [1.807, 2.05) is 78.0 Å². The van der Waals surface area contributed by atoms with Gasteiger partial charge in [0, 0.05) is 141 Å². The summed E-state index contributed by atoms with van der Waals surface area (Å²) in [6.07, 6.45) is 17.7. The van der Waals surface area contributed by atoms with Gasteiger partial charge in [-0.15, -0.1) is 0 Å². The lowest BCUT2D eigenvalue weighted by Crippen LogP contribution is -2.58. The molecule has 0 aromatic rings. The number of ether oxygens (including phenoxy) is 20. The molecule has 0 radical (unpaired) electrons. The van der Waals surface area contributed by atoms with Gasteiger partial charge >= 0.3 is 11.9 Å². The van der Waals surface area contributed by atoms with Gasteiger partial charge in [0.25, 0.3) is 0 Å². The van der Waals surface area contributed by atoms with Crippen LogP contribution >= 0.6 is 0 Å². The minimum Gasteiger partial charge on any atom is -0.462 e. The number of carbonyl (C=O) groups excluding carboxylic acids is 4. The third kappa shape index (κ3) is 22.3. The van der Waals surface area contributed by atoms with Gasteiger partial charge in [0.1, 0.15) is 83.4 Å². The molecule has 0 amide bonds. The number of fused-ring (bicyclic) bond motifs is 4. The Hall–Kier alpha value is -5.20. The summed E-state index contributed by atoms with van der Waals surface area (Å²) < 4.78 is 132. The zero-order valence-electron chi connectivity index (χ0n) is 80.9. The number of aliphatic hydroxyl groups is 4. The second-order valence-electron chi connectivity index (χ2n) is 40.6. The van der Waals surface area contributed by atoms with Crippen LogP contribution in [0.15, 0.2) is 119 Å². The second kappa shape index (κ2) is 43.5. The number of methoxy groups -OCH3 is 4. The molecule has 12 heterocycles. The molecule has 12 aliphatic heterocycles. The Morgan fingerprint density at radius 2 is 0.832 bits per heavy atom. The maximum absolute atomic E-state index is 14.6.